The number of rotatable bonds is 10. The Hall–Kier alpha value is -3.77. The molecule has 0 fully saturated rings. The number of methoxy groups -OCH3 is 1. The van der Waals surface area contributed by atoms with Crippen LogP contribution in [0.2, 0.25) is 5.02 Å². The van der Waals surface area contributed by atoms with Crippen LogP contribution in [-0.2, 0) is 32.3 Å². The van der Waals surface area contributed by atoms with Gasteiger partial charge in [-0.3, -0.25) is 13.9 Å². The molecular formula is C27H27ClF3N3O5S. The lowest BCUT2D eigenvalue weighted by atomic mass is 10.1. The van der Waals surface area contributed by atoms with Crippen molar-refractivity contribution in [3.63, 3.8) is 0 Å². The van der Waals surface area contributed by atoms with E-state index >= 15 is 0 Å². The van der Waals surface area contributed by atoms with Gasteiger partial charge in [0.25, 0.3) is 10.0 Å². The van der Waals surface area contributed by atoms with Crippen LogP contribution >= 0.6 is 11.6 Å². The second-order valence-corrected chi connectivity index (χ2v) is 10.9. The molecule has 0 heterocycles. The molecule has 1 atom stereocenters. The minimum atomic E-state index is -4.81. The number of alkyl halides is 3. The van der Waals surface area contributed by atoms with Crippen molar-refractivity contribution >= 4 is 39.1 Å². The first-order chi connectivity index (χ1) is 18.8. The molecule has 3 rings (SSSR count). The minimum absolute atomic E-state index is 0.104. The van der Waals surface area contributed by atoms with Crippen LogP contribution in [0.1, 0.15) is 18.1 Å². The third kappa shape index (κ3) is 7.05. The fraction of sp³-hybridized carbons (Fsp3) is 0.259. The Morgan fingerprint density at radius 2 is 1.65 bits per heavy atom. The zero-order chi connectivity index (χ0) is 29.7. The molecular weight excluding hydrogens is 571 g/mol. The Kier molecular flexibility index (Phi) is 9.69. The highest BCUT2D eigenvalue weighted by Gasteiger charge is 2.36. The number of carbonyl (C=O) groups excluding carboxylic acids is 2. The van der Waals surface area contributed by atoms with Crippen LogP contribution in [0.25, 0.3) is 0 Å². The van der Waals surface area contributed by atoms with Crippen molar-refractivity contribution < 1.29 is 35.9 Å². The number of halogens is 4. The van der Waals surface area contributed by atoms with E-state index in [0.717, 1.165) is 11.0 Å². The standard InChI is InChI=1S/C27H27ClF3N3O5S/c1-18(26(36)32-2)33(16-19-9-12-21(39-3)13-10-19)25(35)17-34(40(37,38)22-7-5-4-6-8-22)24-15-20(27(29,30)31)11-14-23(24)28/h4-15,18H,16-17H2,1-3H3,(H,32,36)/t18-/m1/s1. The van der Waals surface area contributed by atoms with E-state index in [0.29, 0.717) is 27.8 Å². The summed E-state index contributed by atoms with van der Waals surface area (Å²) in [5.74, 6) is -0.823. The van der Waals surface area contributed by atoms with Gasteiger partial charge in [0.2, 0.25) is 11.8 Å². The Bertz CT molecular complexity index is 1450. The molecule has 3 aromatic rings. The normalized spacial score (nSPS) is 12.4. The Morgan fingerprint density at radius 3 is 2.20 bits per heavy atom. The third-order valence-electron chi connectivity index (χ3n) is 6.08. The maximum absolute atomic E-state index is 13.7. The average molecular weight is 598 g/mol. The minimum Gasteiger partial charge on any atom is -0.497 e. The predicted molar refractivity (Wildman–Crippen MR) is 145 cm³/mol. The number of amides is 2. The van der Waals surface area contributed by atoms with E-state index in [1.54, 1.807) is 30.3 Å². The summed E-state index contributed by atoms with van der Waals surface area (Å²) in [7, 11) is -1.72. The molecule has 0 spiro atoms. The summed E-state index contributed by atoms with van der Waals surface area (Å²) >= 11 is 6.22. The van der Waals surface area contributed by atoms with Crippen LogP contribution in [-0.4, -0.2) is 51.9 Å². The maximum Gasteiger partial charge on any atom is 0.416 e. The Balaban J connectivity index is 2.11. The number of hydrogen-bond donors (Lipinski definition) is 1. The van der Waals surface area contributed by atoms with Crippen LogP contribution in [0, 0.1) is 0 Å². The number of nitrogens with one attached hydrogen (secondary N) is 1. The zero-order valence-corrected chi connectivity index (χ0v) is 23.3. The van der Waals surface area contributed by atoms with E-state index in [2.05, 4.69) is 5.32 Å². The second kappa shape index (κ2) is 12.6. The number of benzene rings is 3. The monoisotopic (exact) mass is 597 g/mol. The number of likely N-dealkylation sites (N-methyl/N-ethyl adjacent to an activating group) is 1. The summed E-state index contributed by atoms with van der Waals surface area (Å²) in [6.45, 7) is 0.413. The summed E-state index contributed by atoms with van der Waals surface area (Å²) in [6, 6.07) is 14.7. The summed E-state index contributed by atoms with van der Waals surface area (Å²) < 4.78 is 73.8. The molecule has 40 heavy (non-hydrogen) atoms. The zero-order valence-electron chi connectivity index (χ0n) is 21.8. The smallest absolute Gasteiger partial charge is 0.416 e. The van der Waals surface area contributed by atoms with Gasteiger partial charge in [0.1, 0.15) is 18.3 Å². The van der Waals surface area contributed by atoms with Gasteiger partial charge in [-0.1, -0.05) is 41.9 Å². The molecule has 0 aliphatic rings. The van der Waals surface area contributed by atoms with Crippen LogP contribution < -0.4 is 14.4 Å². The topological polar surface area (TPSA) is 96.0 Å². The molecule has 13 heteroatoms. The highest BCUT2D eigenvalue weighted by molar-refractivity contribution is 7.92. The number of anilines is 1. The molecule has 0 saturated heterocycles. The van der Waals surface area contributed by atoms with Crippen molar-refractivity contribution in [2.75, 3.05) is 25.0 Å². The van der Waals surface area contributed by atoms with Crippen LogP contribution in [0.15, 0.2) is 77.7 Å². The Morgan fingerprint density at radius 1 is 1.02 bits per heavy atom. The molecule has 1 N–H and O–H groups in total. The van der Waals surface area contributed by atoms with Crippen LogP contribution in [0.3, 0.4) is 0 Å². The molecule has 0 aromatic heterocycles. The molecule has 214 valence electrons. The van der Waals surface area contributed by atoms with Gasteiger partial charge < -0.3 is 15.0 Å². The van der Waals surface area contributed by atoms with E-state index < -0.39 is 51.9 Å². The van der Waals surface area contributed by atoms with Crippen molar-refractivity contribution in [2.24, 2.45) is 0 Å². The van der Waals surface area contributed by atoms with Crippen LogP contribution in [0.4, 0.5) is 18.9 Å². The lowest BCUT2D eigenvalue weighted by molar-refractivity contribution is -0.139. The van der Waals surface area contributed by atoms with Gasteiger partial charge in [-0.25, -0.2) is 8.42 Å². The lowest BCUT2D eigenvalue weighted by Crippen LogP contribution is -2.50. The van der Waals surface area contributed by atoms with Gasteiger partial charge in [-0.15, -0.1) is 0 Å². The third-order valence-corrected chi connectivity index (χ3v) is 8.17. The quantitative estimate of drug-likeness (QED) is 0.365. The number of carbonyl (C=O) groups is 2. The van der Waals surface area contributed by atoms with Crippen molar-refractivity contribution in [2.45, 2.75) is 30.6 Å². The first kappa shape index (κ1) is 30.8. The maximum atomic E-state index is 13.7. The number of sulfonamides is 1. The van der Waals surface area contributed by atoms with Crippen molar-refractivity contribution in [1.82, 2.24) is 10.2 Å². The van der Waals surface area contributed by atoms with Crippen molar-refractivity contribution in [3.05, 3.63) is 88.9 Å². The fourth-order valence-electron chi connectivity index (χ4n) is 3.83. The Labute approximate surface area is 235 Å². The van der Waals surface area contributed by atoms with E-state index in [4.69, 9.17) is 16.3 Å². The highest BCUT2D eigenvalue weighted by Crippen LogP contribution is 2.37. The molecule has 0 unspecified atom stereocenters. The average Bonchev–Trinajstić information content (AvgIpc) is 2.94. The SMILES string of the molecule is CNC(=O)[C@@H](C)N(Cc1ccc(OC)cc1)C(=O)CN(c1cc(C(F)(F)F)ccc1Cl)S(=O)(=O)c1ccccc1. The summed E-state index contributed by atoms with van der Waals surface area (Å²) in [5, 5.41) is 2.13. The van der Waals surface area contributed by atoms with Gasteiger partial charge in [-0.2, -0.15) is 13.2 Å². The number of ether oxygens (including phenoxy) is 1. The van der Waals surface area contributed by atoms with Gasteiger partial charge in [-0.05, 0) is 55.0 Å². The van der Waals surface area contributed by atoms with E-state index in [-0.39, 0.29) is 16.5 Å². The first-order valence-electron chi connectivity index (χ1n) is 11.9. The molecule has 0 radical (unpaired) electrons. The molecule has 3 aromatic carbocycles. The van der Waals surface area contributed by atoms with Gasteiger partial charge in [0.05, 0.1) is 28.3 Å². The van der Waals surface area contributed by atoms with Gasteiger partial charge in [0, 0.05) is 13.6 Å². The fourth-order valence-corrected chi connectivity index (χ4v) is 5.55. The molecule has 2 amide bonds. The summed E-state index contributed by atoms with van der Waals surface area (Å²) in [5.41, 5.74) is -1.09. The van der Waals surface area contributed by atoms with Gasteiger partial charge in [0.15, 0.2) is 0 Å². The lowest BCUT2D eigenvalue weighted by Gasteiger charge is -2.32. The number of nitrogens with zero attached hydrogens (tertiary/aromatic N) is 2. The second-order valence-electron chi connectivity index (χ2n) is 8.65. The first-order valence-corrected chi connectivity index (χ1v) is 13.7. The van der Waals surface area contributed by atoms with E-state index in [9.17, 15) is 31.2 Å². The van der Waals surface area contributed by atoms with Gasteiger partial charge >= 0.3 is 6.18 Å². The molecule has 0 aliphatic carbocycles. The van der Waals surface area contributed by atoms with E-state index in [1.807, 2.05) is 0 Å². The molecule has 0 saturated carbocycles. The van der Waals surface area contributed by atoms with Crippen LogP contribution in [0.5, 0.6) is 5.75 Å². The number of hydrogen-bond acceptors (Lipinski definition) is 5. The van der Waals surface area contributed by atoms with E-state index in [1.165, 1.54) is 45.3 Å². The largest absolute Gasteiger partial charge is 0.497 e. The predicted octanol–water partition coefficient (Wildman–Crippen LogP) is 4.73. The molecule has 8 nitrogen and oxygen atoms in total. The molecule has 0 aliphatic heterocycles. The summed E-state index contributed by atoms with van der Waals surface area (Å²) in [4.78, 5) is 27.1. The molecule has 0 bridgehead atoms. The highest BCUT2D eigenvalue weighted by atomic mass is 35.5. The van der Waals surface area contributed by atoms with Crippen molar-refractivity contribution in [3.8, 4) is 5.75 Å². The summed E-state index contributed by atoms with van der Waals surface area (Å²) in [6.07, 6.45) is -4.81. The van der Waals surface area contributed by atoms with Crippen molar-refractivity contribution in [1.29, 1.82) is 0 Å².